The number of methoxy groups -OCH3 is 1. The molecule has 2 rings (SSSR count). The minimum atomic E-state index is -0.375. The molecule has 1 aliphatic carbocycles. The zero-order chi connectivity index (χ0) is 13.8. The van der Waals surface area contributed by atoms with Gasteiger partial charge >= 0.3 is 0 Å². The van der Waals surface area contributed by atoms with Crippen LogP contribution >= 0.6 is 0 Å². The molecule has 1 aliphatic rings. The summed E-state index contributed by atoms with van der Waals surface area (Å²) in [6.45, 7) is 4.48. The van der Waals surface area contributed by atoms with E-state index in [4.69, 9.17) is 9.47 Å². The third-order valence-corrected chi connectivity index (χ3v) is 4.09. The Morgan fingerprint density at radius 1 is 1.16 bits per heavy atom. The van der Waals surface area contributed by atoms with Crippen molar-refractivity contribution in [2.75, 3.05) is 7.11 Å². The molecule has 0 spiro atoms. The van der Waals surface area contributed by atoms with Gasteiger partial charge in [0.1, 0.15) is 6.10 Å². The fraction of sp³-hybridized carbons (Fsp3) is 0.625. The van der Waals surface area contributed by atoms with Crippen LogP contribution in [0, 0.1) is 11.8 Å². The molecule has 0 bridgehead atoms. The van der Waals surface area contributed by atoms with Gasteiger partial charge < -0.3 is 14.6 Å². The highest BCUT2D eigenvalue weighted by Crippen LogP contribution is 2.35. The predicted octanol–water partition coefficient (Wildman–Crippen LogP) is 3.26. The van der Waals surface area contributed by atoms with Crippen LogP contribution in [-0.4, -0.2) is 24.4 Å². The number of ether oxygens (including phenoxy) is 2. The van der Waals surface area contributed by atoms with Gasteiger partial charge in [0.2, 0.25) is 0 Å². The third kappa shape index (κ3) is 3.41. The molecule has 0 saturated heterocycles. The largest absolute Gasteiger partial charge is 0.493 e. The van der Waals surface area contributed by atoms with E-state index in [-0.39, 0.29) is 12.2 Å². The first-order chi connectivity index (χ1) is 9.11. The first kappa shape index (κ1) is 14.2. The summed E-state index contributed by atoms with van der Waals surface area (Å²) in [4.78, 5) is 0. The van der Waals surface area contributed by atoms with E-state index < -0.39 is 0 Å². The molecule has 1 aromatic carbocycles. The van der Waals surface area contributed by atoms with Gasteiger partial charge in [0.15, 0.2) is 11.5 Å². The molecule has 1 saturated carbocycles. The molecule has 1 N–H and O–H groups in total. The van der Waals surface area contributed by atoms with Crippen LogP contribution in [0.15, 0.2) is 24.3 Å². The fourth-order valence-electron chi connectivity index (χ4n) is 2.76. The minimum Gasteiger partial charge on any atom is -0.493 e. The second-order valence-corrected chi connectivity index (χ2v) is 5.69. The summed E-state index contributed by atoms with van der Waals surface area (Å²) < 4.78 is 11.3. The maximum atomic E-state index is 10.1. The van der Waals surface area contributed by atoms with Crippen LogP contribution in [0.1, 0.15) is 33.1 Å². The highest BCUT2D eigenvalue weighted by Gasteiger charge is 2.32. The summed E-state index contributed by atoms with van der Waals surface area (Å²) in [5.41, 5.74) is 0. The van der Waals surface area contributed by atoms with Gasteiger partial charge in [0, 0.05) is 0 Å². The van der Waals surface area contributed by atoms with Crippen LogP contribution in [0.2, 0.25) is 0 Å². The van der Waals surface area contributed by atoms with E-state index in [1.807, 2.05) is 24.3 Å². The molecule has 3 atom stereocenters. The highest BCUT2D eigenvalue weighted by molar-refractivity contribution is 5.39. The Labute approximate surface area is 115 Å². The Morgan fingerprint density at radius 2 is 1.84 bits per heavy atom. The van der Waals surface area contributed by atoms with Gasteiger partial charge in [-0.05, 0) is 43.2 Å². The molecule has 1 fully saturated rings. The van der Waals surface area contributed by atoms with Crippen LogP contribution in [0.5, 0.6) is 11.5 Å². The smallest absolute Gasteiger partial charge is 0.161 e. The van der Waals surface area contributed by atoms with Crippen molar-refractivity contribution in [1.29, 1.82) is 0 Å². The zero-order valence-corrected chi connectivity index (χ0v) is 12.0. The fourth-order valence-corrected chi connectivity index (χ4v) is 2.76. The number of aliphatic hydroxyl groups excluding tert-OH is 1. The second-order valence-electron chi connectivity index (χ2n) is 5.69. The second kappa shape index (κ2) is 6.29. The van der Waals surface area contributed by atoms with Gasteiger partial charge in [-0.1, -0.05) is 26.0 Å². The summed E-state index contributed by atoms with van der Waals surface area (Å²) in [5.74, 6) is 2.71. The Kier molecular flexibility index (Phi) is 4.70. The monoisotopic (exact) mass is 264 g/mol. The van der Waals surface area contributed by atoms with Crippen molar-refractivity contribution in [2.45, 2.75) is 45.3 Å². The van der Waals surface area contributed by atoms with E-state index in [1.165, 1.54) is 0 Å². The standard InChI is InChI=1S/C16H24O3/c1-11(2)12-8-9-13(17)16(10-12)19-15-7-5-4-6-14(15)18-3/h4-7,11-13,16-17H,8-10H2,1-3H3. The SMILES string of the molecule is COc1ccccc1OC1CC(C(C)C)CCC1O. The number of benzene rings is 1. The molecule has 0 heterocycles. The van der Waals surface area contributed by atoms with Gasteiger partial charge in [0.25, 0.3) is 0 Å². The van der Waals surface area contributed by atoms with Crippen molar-refractivity contribution < 1.29 is 14.6 Å². The van der Waals surface area contributed by atoms with E-state index in [1.54, 1.807) is 7.11 Å². The van der Waals surface area contributed by atoms with Crippen LogP contribution < -0.4 is 9.47 Å². The zero-order valence-electron chi connectivity index (χ0n) is 12.0. The number of hydrogen-bond acceptors (Lipinski definition) is 3. The molecule has 0 amide bonds. The molecule has 19 heavy (non-hydrogen) atoms. The number of aliphatic hydroxyl groups is 1. The van der Waals surface area contributed by atoms with Crippen LogP contribution in [0.4, 0.5) is 0 Å². The van der Waals surface area contributed by atoms with Gasteiger partial charge in [0.05, 0.1) is 13.2 Å². The molecule has 1 aromatic rings. The summed E-state index contributed by atoms with van der Waals surface area (Å²) >= 11 is 0. The van der Waals surface area contributed by atoms with Crippen molar-refractivity contribution in [1.82, 2.24) is 0 Å². The lowest BCUT2D eigenvalue weighted by molar-refractivity contribution is -0.0186. The Morgan fingerprint density at radius 3 is 2.47 bits per heavy atom. The Balaban J connectivity index is 2.07. The van der Waals surface area contributed by atoms with Crippen molar-refractivity contribution in [3.63, 3.8) is 0 Å². The summed E-state index contributed by atoms with van der Waals surface area (Å²) in [7, 11) is 1.64. The maximum Gasteiger partial charge on any atom is 0.161 e. The molecular weight excluding hydrogens is 240 g/mol. The van der Waals surface area contributed by atoms with Crippen LogP contribution in [-0.2, 0) is 0 Å². The van der Waals surface area contributed by atoms with E-state index in [2.05, 4.69) is 13.8 Å². The van der Waals surface area contributed by atoms with Crippen LogP contribution in [0.25, 0.3) is 0 Å². The average molecular weight is 264 g/mol. The lowest BCUT2D eigenvalue weighted by atomic mass is 9.79. The number of rotatable bonds is 4. The molecular formula is C16H24O3. The van der Waals surface area contributed by atoms with Crippen molar-refractivity contribution in [2.24, 2.45) is 11.8 Å². The third-order valence-electron chi connectivity index (χ3n) is 4.09. The van der Waals surface area contributed by atoms with E-state index in [0.717, 1.165) is 30.8 Å². The molecule has 0 radical (unpaired) electrons. The predicted molar refractivity (Wildman–Crippen MR) is 75.6 cm³/mol. The number of hydrogen-bond donors (Lipinski definition) is 1. The average Bonchev–Trinajstić information content (AvgIpc) is 2.41. The van der Waals surface area contributed by atoms with Crippen LogP contribution in [0.3, 0.4) is 0 Å². The number of para-hydroxylation sites is 2. The van der Waals surface area contributed by atoms with Gasteiger partial charge in [-0.25, -0.2) is 0 Å². The van der Waals surface area contributed by atoms with E-state index in [9.17, 15) is 5.11 Å². The lowest BCUT2D eigenvalue weighted by Crippen LogP contribution is -2.39. The van der Waals surface area contributed by atoms with E-state index >= 15 is 0 Å². The molecule has 3 heteroatoms. The Bertz CT molecular complexity index is 403. The minimum absolute atomic E-state index is 0.127. The molecule has 3 unspecified atom stereocenters. The lowest BCUT2D eigenvalue weighted by Gasteiger charge is -2.35. The first-order valence-electron chi connectivity index (χ1n) is 7.09. The maximum absolute atomic E-state index is 10.1. The normalized spacial score (nSPS) is 27.3. The van der Waals surface area contributed by atoms with Crippen molar-refractivity contribution >= 4 is 0 Å². The molecule has 3 nitrogen and oxygen atoms in total. The van der Waals surface area contributed by atoms with Crippen molar-refractivity contribution in [3.8, 4) is 11.5 Å². The first-order valence-corrected chi connectivity index (χ1v) is 7.09. The summed E-state index contributed by atoms with van der Waals surface area (Å²) in [5, 5.41) is 10.1. The van der Waals surface area contributed by atoms with Gasteiger partial charge in [-0.15, -0.1) is 0 Å². The van der Waals surface area contributed by atoms with Gasteiger partial charge in [-0.2, -0.15) is 0 Å². The molecule has 0 aliphatic heterocycles. The summed E-state index contributed by atoms with van der Waals surface area (Å²) in [6, 6.07) is 7.61. The molecule has 106 valence electrons. The highest BCUT2D eigenvalue weighted by atomic mass is 16.5. The quantitative estimate of drug-likeness (QED) is 0.907. The Hall–Kier alpha value is -1.22. The molecule has 0 aromatic heterocycles. The summed E-state index contributed by atoms with van der Waals surface area (Å²) in [6.07, 6.45) is 2.32. The van der Waals surface area contributed by atoms with Gasteiger partial charge in [-0.3, -0.25) is 0 Å². The van der Waals surface area contributed by atoms with E-state index in [0.29, 0.717) is 11.8 Å². The topological polar surface area (TPSA) is 38.7 Å². The van der Waals surface area contributed by atoms with Crippen molar-refractivity contribution in [3.05, 3.63) is 24.3 Å².